The minimum atomic E-state index is -0.0649. The third-order valence-electron chi connectivity index (χ3n) is 3.71. The van der Waals surface area contributed by atoms with Crippen LogP contribution in [0.3, 0.4) is 0 Å². The number of amides is 1. The van der Waals surface area contributed by atoms with Crippen LogP contribution in [0.5, 0.6) is 0 Å². The molecule has 1 heterocycles. The van der Waals surface area contributed by atoms with E-state index in [0.29, 0.717) is 18.5 Å². The Hall–Kier alpha value is -0.610. The van der Waals surface area contributed by atoms with Gasteiger partial charge in [-0.15, -0.1) is 0 Å². The lowest BCUT2D eigenvalue weighted by Crippen LogP contribution is -2.45. The van der Waals surface area contributed by atoms with Crippen molar-refractivity contribution >= 4 is 5.91 Å². The Balaban J connectivity index is 2.35. The summed E-state index contributed by atoms with van der Waals surface area (Å²) in [5.74, 6) is 5.84. The average Bonchev–Trinajstić information content (AvgIpc) is 2.25. The van der Waals surface area contributed by atoms with E-state index in [9.17, 15) is 4.79 Å². The third kappa shape index (κ3) is 3.76. The molecule has 1 aliphatic heterocycles. The van der Waals surface area contributed by atoms with E-state index < -0.39 is 0 Å². The first-order chi connectivity index (χ1) is 7.54. The fourth-order valence-electron chi connectivity index (χ4n) is 2.66. The van der Waals surface area contributed by atoms with Crippen molar-refractivity contribution in [1.82, 2.24) is 10.3 Å². The van der Waals surface area contributed by atoms with Gasteiger partial charge in [0.2, 0.25) is 5.91 Å². The molecule has 4 heteroatoms. The zero-order valence-corrected chi connectivity index (χ0v) is 10.7. The Morgan fingerprint density at radius 1 is 1.56 bits per heavy atom. The van der Waals surface area contributed by atoms with Crippen molar-refractivity contribution in [1.29, 1.82) is 0 Å². The van der Waals surface area contributed by atoms with E-state index in [-0.39, 0.29) is 5.91 Å². The van der Waals surface area contributed by atoms with Crippen LogP contribution in [0, 0.1) is 5.92 Å². The molecule has 3 unspecified atom stereocenters. The fraction of sp³-hybridized carbons (Fsp3) is 0.917. The molecule has 1 fully saturated rings. The van der Waals surface area contributed by atoms with E-state index in [1.165, 1.54) is 12.8 Å². The highest BCUT2D eigenvalue weighted by molar-refractivity contribution is 5.75. The van der Waals surface area contributed by atoms with Gasteiger partial charge in [-0.2, -0.15) is 0 Å². The molecule has 0 radical (unpaired) electrons. The second-order valence-electron chi connectivity index (χ2n) is 5.17. The van der Waals surface area contributed by atoms with Crippen LogP contribution in [0.1, 0.15) is 46.5 Å². The summed E-state index contributed by atoms with van der Waals surface area (Å²) in [7, 11) is 0. The van der Waals surface area contributed by atoms with E-state index in [1.54, 1.807) is 0 Å². The first-order valence-electron chi connectivity index (χ1n) is 6.29. The molecular weight excluding hydrogens is 202 g/mol. The molecule has 1 saturated heterocycles. The summed E-state index contributed by atoms with van der Waals surface area (Å²) in [5, 5.41) is 0. The van der Waals surface area contributed by atoms with Crippen molar-refractivity contribution in [2.75, 3.05) is 6.54 Å². The Bertz CT molecular complexity index is 232. The first-order valence-corrected chi connectivity index (χ1v) is 6.29. The number of hydrazine groups is 1. The largest absolute Gasteiger partial charge is 0.298 e. The smallest absolute Gasteiger partial charge is 0.233 e. The second-order valence-corrected chi connectivity index (χ2v) is 5.17. The highest BCUT2D eigenvalue weighted by Crippen LogP contribution is 2.25. The zero-order chi connectivity index (χ0) is 12.1. The Morgan fingerprint density at radius 3 is 2.81 bits per heavy atom. The van der Waals surface area contributed by atoms with Gasteiger partial charge in [-0.25, -0.2) is 5.84 Å². The quantitative estimate of drug-likeness (QED) is 0.432. The van der Waals surface area contributed by atoms with Gasteiger partial charge in [0.25, 0.3) is 0 Å². The van der Waals surface area contributed by atoms with Crippen molar-refractivity contribution in [3.8, 4) is 0 Å². The fourth-order valence-corrected chi connectivity index (χ4v) is 2.66. The number of nitrogens with one attached hydrogen (secondary N) is 1. The number of likely N-dealkylation sites (tertiary alicyclic amines) is 1. The minimum absolute atomic E-state index is 0.0649. The molecule has 0 aromatic carbocycles. The molecule has 1 aliphatic rings. The molecular formula is C12H25N3O. The summed E-state index contributed by atoms with van der Waals surface area (Å²) in [6.45, 7) is 7.97. The predicted octanol–water partition coefficient (Wildman–Crippen LogP) is 1.27. The van der Waals surface area contributed by atoms with E-state index in [2.05, 4.69) is 31.1 Å². The monoisotopic (exact) mass is 227 g/mol. The highest BCUT2D eigenvalue weighted by atomic mass is 16.2. The van der Waals surface area contributed by atoms with Crippen LogP contribution in [0.25, 0.3) is 0 Å². The van der Waals surface area contributed by atoms with Gasteiger partial charge < -0.3 is 0 Å². The van der Waals surface area contributed by atoms with Crippen molar-refractivity contribution in [3.63, 3.8) is 0 Å². The Labute approximate surface area is 98.5 Å². The average molecular weight is 227 g/mol. The lowest BCUT2D eigenvalue weighted by Gasteiger charge is -2.40. The number of nitrogens with zero attached hydrogens (tertiary/aromatic N) is 1. The van der Waals surface area contributed by atoms with Crippen LogP contribution < -0.4 is 11.3 Å². The van der Waals surface area contributed by atoms with Crippen molar-refractivity contribution < 1.29 is 4.79 Å². The van der Waals surface area contributed by atoms with Gasteiger partial charge in [0, 0.05) is 18.5 Å². The maximum absolute atomic E-state index is 11.1. The Morgan fingerprint density at radius 2 is 2.25 bits per heavy atom. The predicted molar refractivity (Wildman–Crippen MR) is 65.6 cm³/mol. The minimum Gasteiger partial charge on any atom is -0.298 e. The molecule has 0 saturated carbocycles. The van der Waals surface area contributed by atoms with Gasteiger partial charge in [-0.05, 0) is 45.6 Å². The lowest BCUT2D eigenvalue weighted by molar-refractivity contribution is -0.121. The summed E-state index contributed by atoms with van der Waals surface area (Å²) >= 11 is 0. The summed E-state index contributed by atoms with van der Waals surface area (Å²) in [6.07, 6.45) is 3.96. The number of hydrogen-bond acceptors (Lipinski definition) is 3. The van der Waals surface area contributed by atoms with Crippen LogP contribution in [-0.4, -0.2) is 29.4 Å². The number of nitrogens with two attached hydrogens (primary N) is 1. The maximum Gasteiger partial charge on any atom is 0.233 e. The molecule has 0 spiro atoms. The maximum atomic E-state index is 11.1. The number of rotatable bonds is 4. The van der Waals surface area contributed by atoms with Gasteiger partial charge in [-0.3, -0.25) is 15.1 Å². The molecule has 1 amide bonds. The van der Waals surface area contributed by atoms with Crippen LogP contribution in [0.15, 0.2) is 0 Å². The molecule has 0 aromatic rings. The second kappa shape index (κ2) is 6.21. The molecule has 4 nitrogen and oxygen atoms in total. The zero-order valence-electron chi connectivity index (χ0n) is 10.7. The topological polar surface area (TPSA) is 58.4 Å². The van der Waals surface area contributed by atoms with Crippen LogP contribution >= 0.6 is 0 Å². The summed E-state index contributed by atoms with van der Waals surface area (Å²) in [4.78, 5) is 13.6. The molecule has 16 heavy (non-hydrogen) atoms. The number of carbonyl (C=O) groups excluding carboxylic acids is 1. The van der Waals surface area contributed by atoms with Crippen LogP contribution in [0.2, 0.25) is 0 Å². The molecule has 0 aromatic heterocycles. The van der Waals surface area contributed by atoms with Gasteiger partial charge in [-0.1, -0.05) is 6.92 Å². The van der Waals surface area contributed by atoms with Gasteiger partial charge in [0.05, 0.1) is 0 Å². The molecule has 0 aliphatic carbocycles. The molecule has 3 N–H and O–H groups in total. The lowest BCUT2D eigenvalue weighted by atomic mass is 9.91. The summed E-state index contributed by atoms with van der Waals surface area (Å²) in [5.41, 5.74) is 2.18. The van der Waals surface area contributed by atoms with E-state index in [0.717, 1.165) is 18.9 Å². The molecule has 3 atom stereocenters. The normalized spacial score (nSPS) is 28.8. The van der Waals surface area contributed by atoms with E-state index in [1.807, 2.05) is 0 Å². The SMILES string of the molecule is CC1CCN(C(C)CCC(=O)NN)C(C)C1. The number of carbonyl (C=O) groups is 1. The van der Waals surface area contributed by atoms with Gasteiger partial charge >= 0.3 is 0 Å². The number of hydrogen-bond donors (Lipinski definition) is 2. The number of piperidine rings is 1. The molecule has 0 bridgehead atoms. The Kier molecular flexibility index (Phi) is 5.22. The molecule has 1 rings (SSSR count). The van der Waals surface area contributed by atoms with E-state index >= 15 is 0 Å². The third-order valence-corrected chi connectivity index (χ3v) is 3.71. The van der Waals surface area contributed by atoms with Crippen LogP contribution in [-0.2, 0) is 4.79 Å². The standard InChI is InChI=1S/C12H25N3O/c1-9-6-7-15(11(3)8-9)10(2)4-5-12(16)14-13/h9-11H,4-8,13H2,1-3H3,(H,14,16). The summed E-state index contributed by atoms with van der Waals surface area (Å²) in [6, 6.07) is 1.11. The van der Waals surface area contributed by atoms with Crippen molar-refractivity contribution in [3.05, 3.63) is 0 Å². The van der Waals surface area contributed by atoms with Gasteiger partial charge in [0.1, 0.15) is 0 Å². The van der Waals surface area contributed by atoms with Gasteiger partial charge in [0.15, 0.2) is 0 Å². The molecule has 94 valence electrons. The summed E-state index contributed by atoms with van der Waals surface area (Å²) < 4.78 is 0. The van der Waals surface area contributed by atoms with Crippen LogP contribution in [0.4, 0.5) is 0 Å². The van der Waals surface area contributed by atoms with Crippen molar-refractivity contribution in [2.24, 2.45) is 11.8 Å². The highest BCUT2D eigenvalue weighted by Gasteiger charge is 2.26. The first kappa shape index (κ1) is 13.5. The van der Waals surface area contributed by atoms with Crippen molar-refractivity contribution in [2.45, 2.75) is 58.5 Å². The van der Waals surface area contributed by atoms with E-state index in [4.69, 9.17) is 5.84 Å².